The van der Waals surface area contributed by atoms with Gasteiger partial charge in [-0.1, -0.05) is 26.0 Å². The first-order valence-electron chi connectivity index (χ1n) is 10.3. The number of hydrogen-bond donors (Lipinski definition) is 2. The van der Waals surface area contributed by atoms with Crippen molar-refractivity contribution < 1.29 is 23.1 Å². The van der Waals surface area contributed by atoms with Crippen molar-refractivity contribution in [2.24, 2.45) is 5.92 Å². The van der Waals surface area contributed by atoms with Crippen molar-refractivity contribution in [1.29, 1.82) is 0 Å². The van der Waals surface area contributed by atoms with Gasteiger partial charge in [0.15, 0.2) is 11.3 Å². The second-order valence-electron chi connectivity index (χ2n) is 7.69. The number of carbonyl (C=O) groups is 2. The third kappa shape index (κ3) is 5.23. The molecule has 0 spiro atoms. The Labute approximate surface area is 180 Å². The summed E-state index contributed by atoms with van der Waals surface area (Å²) in [6, 6.07) is 11.5. The van der Waals surface area contributed by atoms with Gasteiger partial charge in [-0.05, 0) is 56.2 Å². The third-order valence-electron chi connectivity index (χ3n) is 4.95. The van der Waals surface area contributed by atoms with E-state index in [1.165, 1.54) is 24.3 Å². The lowest BCUT2D eigenvalue weighted by Gasteiger charge is -2.23. The van der Waals surface area contributed by atoms with Crippen molar-refractivity contribution in [3.8, 4) is 5.75 Å². The first-order valence-corrected chi connectivity index (χ1v) is 10.3. The number of rotatable bonds is 8. The summed E-state index contributed by atoms with van der Waals surface area (Å²) in [6.07, 6.45) is 0. The molecule has 0 saturated heterocycles. The number of ether oxygens (including phenoxy) is 1. The van der Waals surface area contributed by atoms with Gasteiger partial charge in [0.05, 0.1) is 12.6 Å². The number of furan rings is 1. The van der Waals surface area contributed by atoms with Crippen molar-refractivity contribution >= 4 is 22.8 Å². The summed E-state index contributed by atoms with van der Waals surface area (Å²) >= 11 is 0. The van der Waals surface area contributed by atoms with Crippen molar-refractivity contribution in [2.45, 2.75) is 39.8 Å². The number of hydrogen-bond acceptors (Lipinski definition) is 4. The lowest BCUT2D eigenvalue weighted by atomic mass is 10.0. The lowest BCUT2D eigenvalue weighted by molar-refractivity contribution is -0.124. The highest BCUT2D eigenvalue weighted by Gasteiger charge is 2.27. The van der Waals surface area contributed by atoms with E-state index in [1.807, 2.05) is 52.0 Å². The minimum Gasteiger partial charge on any atom is -0.490 e. The minimum absolute atomic E-state index is 0.156. The Morgan fingerprint density at radius 2 is 1.77 bits per heavy atom. The number of nitrogens with one attached hydrogen (secondary N) is 2. The van der Waals surface area contributed by atoms with Gasteiger partial charge >= 0.3 is 0 Å². The molecule has 7 heteroatoms. The van der Waals surface area contributed by atoms with Crippen LogP contribution in [0.3, 0.4) is 0 Å². The number of halogens is 1. The maximum Gasteiger partial charge on any atom is 0.251 e. The molecule has 0 aliphatic carbocycles. The number of fused-ring (bicyclic) bond motifs is 1. The summed E-state index contributed by atoms with van der Waals surface area (Å²) in [5.74, 6) is -0.118. The predicted octanol–water partition coefficient (Wildman–Crippen LogP) is 4.60. The van der Waals surface area contributed by atoms with E-state index >= 15 is 0 Å². The summed E-state index contributed by atoms with van der Waals surface area (Å²) in [4.78, 5) is 25.4. The highest BCUT2D eigenvalue weighted by atomic mass is 19.1. The van der Waals surface area contributed by atoms with Crippen LogP contribution in [0.4, 0.5) is 4.39 Å². The Morgan fingerprint density at radius 3 is 2.42 bits per heavy atom. The molecule has 0 aliphatic heterocycles. The molecule has 2 aromatic carbocycles. The molecule has 31 heavy (non-hydrogen) atoms. The Balaban J connectivity index is 1.73. The Morgan fingerprint density at radius 1 is 1.06 bits per heavy atom. The molecule has 0 bridgehead atoms. The number of amides is 2. The molecule has 3 aromatic rings. The summed E-state index contributed by atoms with van der Waals surface area (Å²) in [6.45, 7) is 7.92. The topological polar surface area (TPSA) is 80.6 Å². The normalized spacial score (nSPS) is 13.1. The van der Waals surface area contributed by atoms with Crippen LogP contribution in [0.25, 0.3) is 11.0 Å². The SMILES string of the molecule is CCOc1cccc2cc(C(C)NC(=O)[C@@H](NC(=O)c3ccc(F)cc3)C(C)C)oc12. The van der Waals surface area contributed by atoms with E-state index in [0.29, 0.717) is 23.7 Å². The van der Waals surface area contributed by atoms with Crippen LogP contribution in [-0.4, -0.2) is 24.5 Å². The third-order valence-corrected chi connectivity index (χ3v) is 4.95. The molecule has 1 heterocycles. The van der Waals surface area contributed by atoms with Crippen LogP contribution in [0.5, 0.6) is 5.75 Å². The zero-order valence-electron chi connectivity index (χ0n) is 18.1. The van der Waals surface area contributed by atoms with Gasteiger partial charge in [-0.3, -0.25) is 9.59 Å². The van der Waals surface area contributed by atoms with Crippen LogP contribution in [0.2, 0.25) is 0 Å². The first-order chi connectivity index (χ1) is 14.8. The average Bonchev–Trinajstić information content (AvgIpc) is 3.18. The molecule has 3 rings (SSSR count). The lowest BCUT2D eigenvalue weighted by Crippen LogP contribution is -2.50. The van der Waals surface area contributed by atoms with E-state index in [4.69, 9.17) is 9.15 Å². The van der Waals surface area contributed by atoms with Crippen LogP contribution in [0, 0.1) is 11.7 Å². The van der Waals surface area contributed by atoms with Gasteiger partial charge in [-0.15, -0.1) is 0 Å². The van der Waals surface area contributed by atoms with E-state index in [2.05, 4.69) is 10.6 Å². The van der Waals surface area contributed by atoms with E-state index in [0.717, 1.165) is 5.39 Å². The van der Waals surface area contributed by atoms with Gasteiger partial charge in [0.25, 0.3) is 5.91 Å². The number of carbonyl (C=O) groups excluding carboxylic acids is 2. The summed E-state index contributed by atoms with van der Waals surface area (Å²) in [5.41, 5.74) is 0.916. The maximum absolute atomic E-state index is 13.1. The molecule has 0 aliphatic rings. The summed E-state index contributed by atoms with van der Waals surface area (Å²) in [5, 5.41) is 6.53. The smallest absolute Gasteiger partial charge is 0.251 e. The van der Waals surface area contributed by atoms with E-state index < -0.39 is 23.8 Å². The summed E-state index contributed by atoms with van der Waals surface area (Å²) in [7, 11) is 0. The molecular weight excluding hydrogens is 399 g/mol. The van der Waals surface area contributed by atoms with Crippen molar-refractivity contribution in [2.75, 3.05) is 6.61 Å². The van der Waals surface area contributed by atoms with Crippen molar-refractivity contribution in [3.63, 3.8) is 0 Å². The zero-order chi connectivity index (χ0) is 22.5. The minimum atomic E-state index is -0.761. The largest absolute Gasteiger partial charge is 0.490 e. The molecule has 2 atom stereocenters. The highest BCUT2D eigenvalue weighted by molar-refractivity contribution is 5.97. The van der Waals surface area contributed by atoms with Gasteiger partial charge in [-0.2, -0.15) is 0 Å². The molecule has 2 amide bonds. The van der Waals surface area contributed by atoms with Crippen LogP contribution < -0.4 is 15.4 Å². The summed E-state index contributed by atoms with van der Waals surface area (Å²) < 4.78 is 24.7. The van der Waals surface area contributed by atoms with E-state index in [1.54, 1.807) is 0 Å². The van der Waals surface area contributed by atoms with Gasteiger partial charge < -0.3 is 19.8 Å². The molecule has 0 saturated carbocycles. The molecule has 0 fully saturated rings. The molecule has 1 aromatic heterocycles. The highest BCUT2D eigenvalue weighted by Crippen LogP contribution is 2.31. The molecule has 164 valence electrons. The van der Waals surface area contributed by atoms with Gasteiger partial charge in [-0.25, -0.2) is 4.39 Å². The average molecular weight is 426 g/mol. The van der Waals surface area contributed by atoms with Gasteiger partial charge in [0.1, 0.15) is 17.6 Å². The Kier molecular flexibility index (Phi) is 6.95. The Bertz CT molecular complexity index is 1060. The van der Waals surface area contributed by atoms with Crippen LogP contribution >= 0.6 is 0 Å². The molecule has 0 radical (unpaired) electrons. The second-order valence-corrected chi connectivity index (χ2v) is 7.69. The number of para-hydroxylation sites is 1. The van der Waals surface area contributed by atoms with Crippen molar-refractivity contribution in [3.05, 3.63) is 65.7 Å². The van der Waals surface area contributed by atoms with E-state index in [9.17, 15) is 14.0 Å². The van der Waals surface area contributed by atoms with Crippen molar-refractivity contribution in [1.82, 2.24) is 10.6 Å². The monoisotopic (exact) mass is 426 g/mol. The first kappa shape index (κ1) is 22.3. The standard InChI is InChI=1S/C24H27FN2O4/c1-5-30-19-8-6-7-17-13-20(31-22(17)19)15(4)26-24(29)21(14(2)3)27-23(28)16-9-11-18(25)12-10-16/h6-15,21H,5H2,1-4H3,(H,26,29)(H,27,28)/t15?,21-/m0/s1. The van der Waals surface area contributed by atoms with Gasteiger partial charge in [0, 0.05) is 10.9 Å². The fourth-order valence-corrected chi connectivity index (χ4v) is 3.27. The molecular formula is C24H27FN2O4. The number of benzene rings is 2. The fraction of sp³-hybridized carbons (Fsp3) is 0.333. The fourth-order valence-electron chi connectivity index (χ4n) is 3.27. The van der Waals surface area contributed by atoms with Crippen LogP contribution in [-0.2, 0) is 4.79 Å². The second kappa shape index (κ2) is 9.64. The van der Waals surface area contributed by atoms with Gasteiger partial charge in [0.2, 0.25) is 5.91 Å². The van der Waals surface area contributed by atoms with E-state index in [-0.39, 0.29) is 17.4 Å². The zero-order valence-corrected chi connectivity index (χ0v) is 18.1. The molecule has 1 unspecified atom stereocenters. The molecule has 6 nitrogen and oxygen atoms in total. The maximum atomic E-state index is 13.1. The van der Waals surface area contributed by atoms with Crippen LogP contribution in [0.1, 0.15) is 49.9 Å². The Hall–Kier alpha value is -3.35. The van der Waals surface area contributed by atoms with Crippen LogP contribution in [0.15, 0.2) is 52.9 Å². The predicted molar refractivity (Wildman–Crippen MR) is 116 cm³/mol. The molecule has 2 N–H and O–H groups in total. The quantitative estimate of drug-likeness (QED) is 0.552.